The Labute approximate surface area is 183 Å². The fourth-order valence-electron chi connectivity index (χ4n) is 3.33. The van der Waals surface area contributed by atoms with Gasteiger partial charge < -0.3 is 0 Å². The van der Waals surface area contributed by atoms with E-state index in [0.29, 0.717) is 23.7 Å². The van der Waals surface area contributed by atoms with Crippen LogP contribution in [0.25, 0.3) is 0 Å². The molecule has 2 heterocycles. The van der Waals surface area contributed by atoms with Crippen LogP contribution < -0.4 is 0 Å². The predicted octanol–water partition coefficient (Wildman–Crippen LogP) is 5.46. The van der Waals surface area contributed by atoms with Crippen molar-refractivity contribution >= 4 is 0 Å². The van der Waals surface area contributed by atoms with Crippen molar-refractivity contribution < 1.29 is 0 Å². The van der Waals surface area contributed by atoms with E-state index in [-0.39, 0.29) is 0 Å². The molecule has 0 aromatic carbocycles. The van der Waals surface area contributed by atoms with E-state index in [2.05, 4.69) is 67.2 Å². The summed E-state index contributed by atoms with van der Waals surface area (Å²) >= 11 is 0. The lowest BCUT2D eigenvalue weighted by Gasteiger charge is -2.10. The number of hydrogen-bond donors (Lipinski definition) is 0. The lowest BCUT2D eigenvalue weighted by molar-refractivity contribution is 0.614. The van der Waals surface area contributed by atoms with Gasteiger partial charge in [0.2, 0.25) is 0 Å². The van der Waals surface area contributed by atoms with Gasteiger partial charge in [0.25, 0.3) is 0 Å². The van der Waals surface area contributed by atoms with Gasteiger partial charge in [0.15, 0.2) is 0 Å². The molecule has 30 heavy (non-hydrogen) atoms. The molecule has 0 unspecified atom stereocenters. The summed E-state index contributed by atoms with van der Waals surface area (Å²) in [5.41, 5.74) is 5.53. The second-order valence-electron chi connectivity index (χ2n) is 9.96. The average Bonchev–Trinajstić information content (AvgIpc) is 2.61. The Morgan fingerprint density at radius 1 is 0.567 bits per heavy atom. The Bertz CT molecular complexity index is 814. The molecule has 0 atom stereocenters. The van der Waals surface area contributed by atoms with E-state index in [9.17, 15) is 0 Å². The predicted molar refractivity (Wildman–Crippen MR) is 124 cm³/mol. The molecule has 4 nitrogen and oxygen atoms in total. The minimum atomic E-state index is 0.501. The lowest BCUT2D eigenvalue weighted by atomic mass is 10.0. The maximum absolute atomic E-state index is 4.86. The van der Waals surface area contributed by atoms with Gasteiger partial charge in [-0.25, -0.2) is 9.97 Å². The second-order valence-corrected chi connectivity index (χ2v) is 9.96. The fourth-order valence-corrected chi connectivity index (χ4v) is 3.33. The van der Waals surface area contributed by atoms with Gasteiger partial charge in [-0.3, -0.25) is 9.97 Å². The molecule has 2 aromatic rings. The molecule has 162 valence electrons. The van der Waals surface area contributed by atoms with Gasteiger partial charge in [0, 0.05) is 12.4 Å². The molecule has 0 aliphatic rings. The monoisotopic (exact) mass is 406 g/mol. The van der Waals surface area contributed by atoms with Crippen LogP contribution in [-0.4, -0.2) is 19.9 Å². The Morgan fingerprint density at radius 3 is 1.20 bits per heavy atom. The van der Waals surface area contributed by atoms with Crippen molar-refractivity contribution in [2.45, 2.75) is 81.1 Å². The third kappa shape index (κ3) is 7.86. The SMILES string of the molecule is CC(C)Cc1cnc(CC(C)C)c(C#Cc2nc(CC(C)C)cnc2CC(C)C)n1. The zero-order chi connectivity index (χ0) is 22.3. The minimum absolute atomic E-state index is 0.501. The molecular weight excluding hydrogens is 368 g/mol. The minimum Gasteiger partial charge on any atom is -0.256 e. The quantitative estimate of drug-likeness (QED) is 0.546. The zero-order valence-electron chi connectivity index (χ0n) is 20.1. The molecule has 0 radical (unpaired) electrons. The van der Waals surface area contributed by atoms with Crippen molar-refractivity contribution in [3.63, 3.8) is 0 Å². The van der Waals surface area contributed by atoms with E-state index >= 15 is 0 Å². The zero-order valence-corrected chi connectivity index (χ0v) is 20.1. The van der Waals surface area contributed by atoms with E-state index in [4.69, 9.17) is 19.9 Å². The van der Waals surface area contributed by atoms with E-state index in [1.54, 1.807) is 0 Å². The van der Waals surface area contributed by atoms with Crippen molar-refractivity contribution in [3.05, 3.63) is 46.6 Å². The fraction of sp³-hybridized carbons (Fsp3) is 0.615. The van der Waals surface area contributed by atoms with Crippen molar-refractivity contribution in [1.82, 2.24) is 19.9 Å². The molecule has 0 bridgehead atoms. The summed E-state index contributed by atoms with van der Waals surface area (Å²) in [6.45, 7) is 17.6. The van der Waals surface area contributed by atoms with Crippen LogP contribution in [0.15, 0.2) is 12.4 Å². The topological polar surface area (TPSA) is 51.6 Å². The Kier molecular flexibility index (Phi) is 8.96. The molecule has 2 aromatic heterocycles. The maximum atomic E-state index is 4.86. The summed E-state index contributed by atoms with van der Waals surface area (Å²) in [6, 6.07) is 0. The smallest absolute Gasteiger partial charge is 0.135 e. The van der Waals surface area contributed by atoms with Crippen molar-refractivity contribution in [1.29, 1.82) is 0 Å². The lowest BCUT2D eigenvalue weighted by Crippen LogP contribution is -2.08. The first-order valence-corrected chi connectivity index (χ1v) is 11.4. The first-order chi connectivity index (χ1) is 14.1. The molecule has 0 saturated carbocycles. The molecular formula is C26H38N4. The molecule has 4 heteroatoms. The third-order valence-electron chi connectivity index (χ3n) is 4.53. The summed E-state index contributed by atoms with van der Waals surface area (Å²) < 4.78 is 0. The van der Waals surface area contributed by atoms with Gasteiger partial charge in [0.1, 0.15) is 11.4 Å². The average molecular weight is 407 g/mol. The Hall–Kier alpha value is -2.28. The van der Waals surface area contributed by atoms with Crippen molar-refractivity contribution in [3.8, 4) is 11.8 Å². The molecule has 0 aliphatic carbocycles. The van der Waals surface area contributed by atoms with Gasteiger partial charge in [-0.05, 0) is 61.2 Å². The summed E-state index contributed by atoms with van der Waals surface area (Å²) in [4.78, 5) is 19.1. The van der Waals surface area contributed by atoms with Gasteiger partial charge >= 0.3 is 0 Å². The normalized spacial score (nSPS) is 11.5. The molecule has 0 spiro atoms. The molecule has 0 N–H and O–H groups in total. The second kappa shape index (κ2) is 11.2. The van der Waals surface area contributed by atoms with E-state index < -0.39 is 0 Å². The van der Waals surface area contributed by atoms with Crippen LogP contribution in [0.5, 0.6) is 0 Å². The Balaban J connectivity index is 2.49. The van der Waals surface area contributed by atoms with Crippen LogP contribution in [0.4, 0.5) is 0 Å². The summed E-state index contributed by atoms with van der Waals surface area (Å²) in [5.74, 6) is 8.71. The summed E-state index contributed by atoms with van der Waals surface area (Å²) in [5, 5.41) is 0. The van der Waals surface area contributed by atoms with Gasteiger partial charge in [-0.1, -0.05) is 55.4 Å². The van der Waals surface area contributed by atoms with E-state index in [0.717, 1.165) is 59.8 Å². The number of hydrogen-bond acceptors (Lipinski definition) is 4. The molecule has 0 amide bonds. The van der Waals surface area contributed by atoms with Gasteiger partial charge in [0.05, 0.1) is 22.8 Å². The van der Waals surface area contributed by atoms with E-state index in [1.165, 1.54) is 0 Å². The van der Waals surface area contributed by atoms with Crippen molar-refractivity contribution in [2.75, 3.05) is 0 Å². The summed E-state index contributed by atoms with van der Waals surface area (Å²) in [7, 11) is 0. The van der Waals surface area contributed by atoms with Crippen molar-refractivity contribution in [2.24, 2.45) is 23.7 Å². The van der Waals surface area contributed by atoms with Gasteiger partial charge in [-0.15, -0.1) is 0 Å². The van der Waals surface area contributed by atoms with Crippen LogP contribution in [0.2, 0.25) is 0 Å². The van der Waals surface area contributed by atoms with Crippen LogP contribution in [0, 0.1) is 35.5 Å². The largest absolute Gasteiger partial charge is 0.256 e. The molecule has 0 aliphatic heterocycles. The highest BCUT2D eigenvalue weighted by Gasteiger charge is 2.12. The summed E-state index contributed by atoms with van der Waals surface area (Å²) in [6.07, 6.45) is 7.39. The van der Waals surface area contributed by atoms with E-state index in [1.807, 2.05) is 12.4 Å². The van der Waals surface area contributed by atoms with Crippen LogP contribution >= 0.6 is 0 Å². The maximum Gasteiger partial charge on any atom is 0.135 e. The highest BCUT2D eigenvalue weighted by atomic mass is 14.8. The standard InChI is InChI=1S/C26H38N4/c1-17(2)11-21-15-27-25(13-19(5)6)23(29-21)9-10-24-26(14-20(7)8)28-16-22(30-24)12-18(3)4/h15-20H,11-14H2,1-8H3. The number of rotatable bonds is 8. The number of aromatic nitrogens is 4. The highest BCUT2D eigenvalue weighted by Crippen LogP contribution is 2.14. The molecule has 2 rings (SSSR count). The van der Waals surface area contributed by atoms with Crippen LogP contribution in [0.3, 0.4) is 0 Å². The molecule has 0 saturated heterocycles. The number of nitrogens with zero attached hydrogens (tertiary/aromatic N) is 4. The van der Waals surface area contributed by atoms with Crippen LogP contribution in [0.1, 0.15) is 89.6 Å². The molecule has 0 fully saturated rings. The first-order valence-electron chi connectivity index (χ1n) is 11.4. The third-order valence-corrected chi connectivity index (χ3v) is 4.53. The van der Waals surface area contributed by atoms with Gasteiger partial charge in [-0.2, -0.15) is 0 Å². The Morgan fingerprint density at radius 2 is 0.900 bits per heavy atom. The highest BCUT2D eigenvalue weighted by molar-refractivity contribution is 5.41. The van der Waals surface area contributed by atoms with Crippen LogP contribution in [-0.2, 0) is 25.7 Å². The first kappa shape index (κ1) is 24.0.